The van der Waals surface area contributed by atoms with E-state index in [1.165, 1.54) is 6.07 Å². The fourth-order valence-electron chi connectivity index (χ4n) is 2.89. The second kappa shape index (κ2) is 8.22. The van der Waals surface area contributed by atoms with Crippen LogP contribution in [-0.2, 0) is 15.9 Å². The Morgan fingerprint density at radius 2 is 2.10 bits per heavy atom. The minimum absolute atomic E-state index is 0.138. The lowest BCUT2D eigenvalue weighted by molar-refractivity contribution is 0.0143. The summed E-state index contributed by atoms with van der Waals surface area (Å²) in [4.78, 5) is 0. The van der Waals surface area contributed by atoms with Crippen molar-refractivity contribution in [3.8, 4) is 0 Å². The standard InChI is InChI=1S/C16H23BrFNO2/c1-20-7-4-19-12-16(2-5-21-6-3-16)11-13-8-14(17)10-15(18)9-13/h8-10,19H,2-7,11-12H2,1H3. The quantitative estimate of drug-likeness (QED) is 0.758. The molecule has 0 aliphatic carbocycles. The summed E-state index contributed by atoms with van der Waals surface area (Å²) in [6.07, 6.45) is 2.87. The van der Waals surface area contributed by atoms with Crippen LogP contribution in [0.2, 0.25) is 0 Å². The van der Waals surface area contributed by atoms with Gasteiger partial charge in [0.25, 0.3) is 0 Å². The van der Waals surface area contributed by atoms with E-state index in [9.17, 15) is 4.39 Å². The van der Waals surface area contributed by atoms with E-state index in [0.717, 1.165) is 55.6 Å². The number of nitrogens with one attached hydrogen (secondary N) is 1. The van der Waals surface area contributed by atoms with E-state index < -0.39 is 0 Å². The fraction of sp³-hybridized carbons (Fsp3) is 0.625. The van der Waals surface area contributed by atoms with Crippen molar-refractivity contribution in [3.63, 3.8) is 0 Å². The Labute approximate surface area is 134 Å². The topological polar surface area (TPSA) is 30.5 Å². The second-order valence-corrected chi connectivity index (χ2v) is 6.65. The summed E-state index contributed by atoms with van der Waals surface area (Å²) >= 11 is 3.37. The van der Waals surface area contributed by atoms with E-state index in [1.807, 2.05) is 6.07 Å². The largest absolute Gasteiger partial charge is 0.383 e. The number of ether oxygens (including phenoxy) is 2. The van der Waals surface area contributed by atoms with Gasteiger partial charge in [-0.1, -0.05) is 15.9 Å². The normalized spacial score (nSPS) is 17.9. The summed E-state index contributed by atoms with van der Waals surface area (Å²) in [5, 5.41) is 3.46. The number of hydrogen-bond acceptors (Lipinski definition) is 3. The smallest absolute Gasteiger partial charge is 0.124 e. The molecule has 0 spiro atoms. The van der Waals surface area contributed by atoms with Gasteiger partial charge < -0.3 is 14.8 Å². The van der Waals surface area contributed by atoms with E-state index >= 15 is 0 Å². The van der Waals surface area contributed by atoms with Gasteiger partial charge in [0.1, 0.15) is 5.82 Å². The molecule has 1 N–H and O–H groups in total. The monoisotopic (exact) mass is 359 g/mol. The third-order valence-corrected chi connectivity index (χ3v) is 4.50. The fourth-order valence-corrected chi connectivity index (χ4v) is 3.41. The molecule has 0 amide bonds. The molecule has 0 unspecified atom stereocenters. The highest BCUT2D eigenvalue weighted by atomic mass is 79.9. The van der Waals surface area contributed by atoms with Crippen molar-refractivity contribution < 1.29 is 13.9 Å². The highest BCUT2D eigenvalue weighted by Crippen LogP contribution is 2.34. The molecule has 1 fully saturated rings. The van der Waals surface area contributed by atoms with E-state index in [4.69, 9.17) is 9.47 Å². The van der Waals surface area contributed by atoms with Crippen LogP contribution in [0.15, 0.2) is 22.7 Å². The van der Waals surface area contributed by atoms with Gasteiger partial charge in [-0.15, -0.1) is 0 Å². The van der Waals surface area contributed by atoms with Gasteiger partial charge >= 0.3 is 0 Å². The van der Waals surface area contributed by atoms with E-state index in [1.54, 1.807) is 13.2 Å². The van der Waals surface area contributed by atoms with Crippen LogP contribution < -0.4 is 5.32 Å². The lowest BCUT2D eigenvalue weighted by atomic mass is 9.75. The molecule has 0 saturated carbocycles. The molecule has 0 radical (unpaired) electrons. The van der Waals surface area contributed by atoms with Gasteiger partial charge in [-0.25, -0.2) is 4.39 Å². The summed E-state index contributed by atoms with van der Waals surface area (Å²) in [6, 6.07) is 5.14. The third-order valence-electron chi connectivity index (χ3n) is 4.04. The zero-order valence-corrected chi connectivity index (χ0v) is 14.0. The number of rotatable bonds is 7. The van der Waals surface area contributed by atoms with Crippen molar-refractivity contribution in [1.29, 1.82) is 0 Å². The Balaban J connectivity index is 2.04. The Bertz CT molecular complexity index is 430. The van der Waals surface area contributed by atoms with Crippen LogP contribution >= 0.6 is 15.9 Å². The highest BCUT2D eigenvalue weighted by Gasteiger charge is 2.32. The minimum Gasteiger partial charge on any atom is -0.383 e. The predicted molar refractivity (Wildman–Crippen MR) is 85.0 cm³/mol. The van der Waals surface area contributed by atoms with Crippen molar-refractivity contribution in [2.75, 3.05) is 40.0 Å². The first-order valence-electron chi connectivity index (χ1n) is 7.36. The first kappa shape index (κ1) is 16.9. The summed E-state index contributed by atoms with van der Waals surface area (Å²) < 4.78 is 24.9. The first-order valence-corrected chi connectivity index (χ1v) is 8.15. The van der Waals surface area contributed by atoms with Crippen LogP contribution in [0.4, 0.5) is 4.39 Å². The van der Waals surface area contributed by atoms with Crippen molar-refractivity contribution in [2.24, 2.45) is 5.41 Å². The number of benzene rings is 1. The van der Waals surface area contributed by atoms with Gasteiger partial charge in [-0.2, -0.15) is 0 Å². The molecule has 5 heteroatoms. The van der Waals surface area contributed by atoms with Crippen molar-refractivity contribution >= 4 is 15.9 Å². The Hall–Kier alpha value is -0.490. The summed E-state index contributed by atoms with van der Waals surface area (Å²) in [6.45, 7) is 4.02. The van der Waals surface area contributed by atoms with E-state index in [0.29, 0.717) is 6.61 Å². The first-order chi connectivity index (χ1) is 10.1. The van der Waals surface area contributed by atoms with Gasteiger partial charge in [0.2, 0.25) is 0 Å². The molecule has 1 aromatic rings. The molecule has 3 nitrogen and oxygen atoms in total. The molecule has 1 aliphatic heterocycles. The van der Waals surface area contributed by atoms with Crippen LogP contribution in [0.1, 0.15) is 18.4 Å². The Morgan fingerprint density at radius 1 is 1.33 bits per heavy atom. The Morgan fingerprint density at radius 3 is 2.76 bits per heavy atom. The molecule has 1 heterocycles. The molecule has 1 aliphatic rings. The molecule has 1 saturated heterocycles. The molecule has 118 valence electrons. The van der Waals surface area contributed by atoms with Crippen LogP contribution in [0.25, 0.3) is 0 Å². The number of halogens is 2. The lowest BCUT2D eigenvalue weighted by Crippen LogP contribution is -2.41. The third kappa shape index (κ3) is 5.33. The maximum absolute atomic E-state index is 13.6. The average Bonchev–Trinajstić information content (AvgIpc) is 2.43. The average molecular weight is 360 g/mol. The van der Waals surface area contributed by atoms with E-state index in [-0.39, 0.29) is 11.2 Å². The molecular formula is C16H23BrFNO2. The van der Waals surface area contributed by atoms with Crippen LogP contribution in [0.3, 0.4) is 0 Å². The zero-order chi connectivity index (χ0) is 15.1. The van der Waals surface area contributed by atoms with Gasteiger partial charge in [0.05, 0.1) is 6.61 Å². The van der Waals surface area contributed by atoms with Crippen LogP contribution in [-0.4, -0.2) is 40.0 Å². The predicted octanol–water partition coefficient (Wildman–Crippen LogP) is 3.16. The molecule has 21 heavy (non-hydrogen) atoms. The maximum Gasteiger partial charge on any atom is 0.124 e. The molecule has 0 bridgehead atoms. The van der Waals surface area contributed by atoms with Gasteiger partial charge in [-0.3, -0.25) is 0 Å². The summed E-state index contributed by atoms with van der Waals surface area (Å²) in [5.74, 6) is -0.186. The van der Waals surface area contributed by atoms with Crippen LogP contribution in [0.5, 0.6) is 0 Å². The molecular weight excluding hydrogens is 337 g/mol. The van der Waals surface area contributed by atoms with Gasteiger partial charge in [0, 0.05) is 37.9 Å². The molecule has 2 rings (SSSR count). The summed E-state index contributed by atoms with van der Waals surface area (Å²) in [5.41, 5.74) is 1.18. The second-order valence-electron chi connectivity index (χ2n) is 5.74. The number of hydrogen-bond donors (Lipinski definition) is 1. The zero-order valence-electron chi connectivity index (χ0n) is 12.5. The van der Waals surface area contributed by atoms with Crippen molar-refractivity contribution in [2.45, 2.75) is 19.3 Å². The summed E-state index contributed by atoms with van der Waals surface area (Å²) in [7, 11) is 1.70. The Kier molecular flexibility index (Phi) is 6.61. The van der Waals surface area contributed by atoms with Crippen molar-refractivity contribution in [3.05, 3.63) is 34.1 Å². The number of methoxy groups -OCH3 is 1. The van der Waals surface area contributed by atoms with Gasteiger partial charge in [0.15, 0.2) is 0 Å². The highest BCUT2D eigenvalue weighted by molar-refractivity contribution is 9.10. The molecule has 0 aromatic heterocycles. The molecule has 1 aromatic carbocycles. The lowest BCUT2D eigenvalue weighted by Gasteiger charge is -2.38. The van der Waals surface area contributed by atoms with Gasteiger partial charge in [-0.05, 0) is 48.4 Å². The molecule has 0 atom stereocenters. The van der Waals surface area contributed by atoms with Crippen LogP contribution in [0, 0.1) is 11.2 Å². The van der Waals surface area contributed by atoms with E-state index in [2.05, 4.69) is 21.2 Å². The SMILES string of the molecule is COCCNCC1(Cc2cc(F)cc(Br)c2)CCOCC1. The minimum atomic E-state index is -0.186. The maximum atomic E-state index is 13.6. The van der Waals surface area contributed by atoms with Crippen molar-refractivity contribution in [1.82, 2.24) is 5.32 Å².